The molecular formula is C11H19N5O. The number of nitrogens with one attached hydrogen (secondary N) is 2. The van der Waals surface area contributed by atoms with Crippen LogP contribution in [-0.4, -0.2) is 54.7 Å². The van der Waals surface area contributed by atoms with E-state index < -0.39 is 0 Å². The Bertz CT molecular complexity index is 363. The molecule has 1 heterocycles. The molecule has 94 valence electrons. The van der Waals surface area contributed by atoms with Crippen LogP contribution in [0.1, 0.15) is 17.4 Å². The zero-order valence-corrected chi connectivity index (χ0v) is 10.7. The first-order valence-electron chi connectivity index (χ1n) is 5.50. The molecule has 0 aliphatic carbocycles. The van der Waals surface area contributed by atoms with Crippen molar-refractivity contribution in [3.05, 3.63) is 17.8 Å². The molecule has 0 bridgehead atoms. The second kappa shape index (κ2) is 6.15. The number of nitrogens with zero attached hydrogens (tertiary/aromatic N) is 3. The molecule has 1 atom stereocenters. The maximum atomic E-state index is 11.3. The van der Waals surface area contributed by atoms with Gasteiger partial charge in [0.25, 0.3) is 5.91 Å². The number of likely N-dealkylation sites (N-methyl/N-ethyl adjacent to an activating group) is 1. The normalized spacial score (nSPS) is 12.3. The van der Waals surface area contributed by atoms with Crippen molar-refractivity contribution in [3.63, 3.8) is 0 Å². The molecule has 2 N–H and O–H groups in total. The van der Waals surface area contributed by atoms with Gasteiger partial charge in [-0.15, -0.1) is 10.2 Å². The van der Waals surface area contributed by atoms with Crippen LogP contribution in [0.2, 0.25) is 0 Å². The molecule has 1 aromatic heterocycles. The minimum absolute atomic E-state index is 0.231. The predicted molar refractivity (Wildman–Crippen MR) is 67.1 cm³/mol. The standard InChI is InChI=1S/C11H19N5O/c1-8(7-16(3)4)13-10-6-5-9(14-15-10)11(17)12-2/h5-6,8H,7H2,1-4H3,(H,12,17)(H,13,15). The summed E-state index contributed by atoms with van der Waals surface area (Å²) < 4.78 is 0. The van der Waals surface area contributed by atoms with Crippen LogP contribution in [0.15, 0.2) is 12.1 Å². The van der Waals surface area contributed by atoms with E-state index in [0.29, 0.717) is 11.5 Å². The summed E-state index contributed by atoms with van der Waals surface area (Å²) in [4.78, 5) is 13.3. The molecule has 0 fully saturated rings. The van der Waals surface area contributed by atoms with Crippen molar-refractivity contribution in [2.45, 2.75) is 13.0 Å². The Kier molecular flexibility index (Phi) is 4.84. The van der Waals surface area contributed by atoms with E-state index in [1.807, 2.05) is 14.1 Å². The van der Waals surface area contributed by atoms with E-state index in [-0.39, 0.29) is 11.9 Å². The number of rotatable bonds is 5. The Hall–Kier alpha value is -1.69. The van der Waals surface area contributed by atoms with Gasteiger partial charge >= 0.3 is 0 Å². The van der Waals surface area contributed by atoms with Crippen LogP contribution in [0.5, 0.6) is 0 Å². The van der Waals surface area contributed by atoms with Gasteiger partial charge in [0.1, 0.15) is 5.82 Å². The van der Waals surface area contributed by atoms with Gasteiger partial charge in [-0.25, -0.2) is 0 Å². The number of hydrogen-bond donors (Lipinski definition) is 2. The quantitative estimate of drug-likeness (QED) is 0.765. The van der Waals surface area contributed by atoms with Crippen molar-refractivity contribution in [3.8, 4) is 0 Å². The van der Waals surface area contributed by atoms with Gasteiger partial charge in [-0.05, 0) is 33.2 Å². The summed E-state index contributed by atoms with van der Waals surface area (Å²) in [5.41, 5.74) is 0.318. The number of hydrogen-bond acceptors (Lipinski definition) is 5. The molecule has 6 heteroatoms. The first-order chi connectivity index (χ1) is 8.02. The summed E-state index contributed by atoms with van der Waals surface area (Å²) in [6.45, 7) is 2.97. The Labute approximate surface area is 101 Å². The lowest BCUT2D eigenvalue weighted by Gasteiger charge is -2.18. The third-order valence-corrected chi connectivity index (χ3v) is 2.16. The number of anilines is 1. The van der Waals surface area contributed by atoms with Gasteiger partial charge in [0.2, 0.25) is 0 Å². The molecule has 1 unspecified atom stereocenters. The Morgan fingerprint density at radius 1 is 1.41 bits per heavy atom. The zero-order chi connectivity index (χ0) is 12.8. The lowest BCUT2D eigenvalue weighted by molar-refractivity contribution is 0.0957. The van der Waals surface area contributed by atoms with Crippen molar-refractivity contribution >= 4 is 11.7 Å². The summed E-state index contributed by atoms with van der Waals surface area (Å²) in [6, 6.07) is 3.67. The van der Waals surface area contributed by atoms with Crippen LogP contribution < -0.4 is 10.6 Å². The van der Waals surface area contributed by atoms with Crippen LogP contribution in [0.4, 0.5) is 5.82 Å². The van der Waals surface area contributed by atoms with Crippen LogP contribution in [-0.2, 0) is 0 Å². The van der Waals surface area contributed by atoms with Crippen molar-refractivity contribution in [1.82, 2.24) is 20.4 Å². The van der Waals surface area contributed by atoms with Crippen LogP contribution in [0, 0.1) is 0 Å². The molecule has 0 radical (unpaired) electrons. The average molecular weight is 237 g/mol. The predicted octanol–water partition coefficient (Wildman–Crippen LogP) is 0.198. The number of amides is 1. The average Bonchev–Trinajstić information content (AvgIpc) is 2.28. The van der Waals surface area contributed by atoms with Crippen molar-refractivity contribution in [2.75, 3.05) is 33.0 Å². The Morgan fingerprint density at radius 3 is 2.59 bits per heavy atom. The molecular weight excluding hydrogens is 218 g/mol. The van der Waals surface area contributed by atoms with E-state index >= 15 is 0 Å². The topological polar surface area (TPSA) is 70.2 Å². The minimum Gasteiger partial charge on any atom is -0.365 e. The Balaban J connectivity index is 2.59. The van der Waals surface area contributed by atoms with Crippen LogP contribution in [0.25, 0.3) is 0 Å². The molecule has 1 amide bonds. The highest BCUT2D eigenvalue weighted by atomic mass is 16.1. The van der Waals surface area contributed by atoms with Crippen molar-refractivity contribution < 1.29 is 4.79 Å². The molecule has 17 heavy (non-hydrogen) atoms. The summed E-state index contributed by atoms with van der Waals surface area (Å²) >= 11 is 0. The van der Waals surface area contributed by atoms with Gasteiger partial charge in [0.05, 0.1) is 0 Å². The molecule has 0 saturated heterocycles. The van der Waals surface area contributed by atoms with Gasteiger partial charge in [-0.3, -0.25) is 4.79 Å². The zero-order valence-electron chi connectivity index (χ0n) is 10.7. The minimum atomic E-state index is -0.231. The van der Waals surface area contributed by atoms with Gasteiger partial charge in [0, 0.05) is 19.6 Å². The van der Waals surface area contributed by atoms with Gasteiger partial charge in [0.15, 0.2) is 5.69 Å². The van der Waals surface area contributed by atoms with Gasteiger partial charge < -0.3 is 15.5 Å². The van der Waals surface area contributed by atoms with E-state index in [0.717, 1.165) is 6.54 Å². The fraction of sp³-hybridized carbons (Fsp3) is 0.545. The third-order valence-electron chi connectivity index (χ3n) is 2.16. The maximum absolute atomic E-state index is 11.3. The van der Waals surface area contributed by atoms with Crippen LogP contribution >= 0.6 is 0 Å². The molecule has 0 aromatic carbocycles. The lowest BCUT2D eigenvalue weighted by atomic mass is 10.3. The number of carbonyl (C=O) groups is 1. The van der Waals surface area contributed by atoms with Crippen LogP contribution in [0.3, 0.4) is 0 Å². The van der Waals surface area contributed by atoms with E-state index in [1.54, 1.807) is 19.2 Å². The SMILES string of the molecule is CNC(=O)c1ccc(NC(C)CN(C)C)nn1. The molecule has 1 rings (SSSR count). The van der Waals surface area contributed by atoms with E-state index in [1.165, 1.54) is 0 Å². The van der Waals surface area contributed by atoms with Gasteiger partial charge in [-0.1, -0.05) is 0 Å². The Morgan fingerprint density at radius 2 is 2.12 bits per heavy atom. The molecule has 0 saturated carbocycles. The first-order valence-corrected chi connectivity index (χ1v) is 5.50. The summed E-state index contributed by atoms with van der Waals surface area (Å²) in [7, 11) is 5.59. The third kappa shape index (κ3) is 4.36. The maximum Gasteiger partial charge on any atom is 0.271 e. The monoisotopic (exact) mass is 237 g/mol. The second-order valence-corrected chi connectivity index (χ2v) is 4.19. The second-order valence-electron chi connectivity index (χ2n) is 4.19. The molecule has 0 spiro atoms. The highest BCUT2D eigenvalue weighted by Gasteiger charge is 2.07. The highest BCUT2D eigenvalue weighted by molar-refractivity contribution is 5.91. The summed E-state index contributed by atoms with van der Waals surface area (Å²) in [5, 5.41) is 13.5. The highest BCUT2D eigenvalue weighted by Crippen LogP contribution is 2.04. The molecule has 0 aliphatic heterocycles. The molecule has 1 aromatic rings. The van der Waals surface area contributed by atoms with Crippen molar-refractivity contribution in [2.24, 2.45) is 0 Å². The summed E-state index contributed by atoms with van der Waals surface area (Å²) in [6.07, 6.45) is 0. The smallest absolute Gasteiger partial charge is 0.271 e. The summed E-state index contributed by atoms with van der Waals surface area (Å²) in [5.74, 6) is 0.442. The first kappa shape index (κ1) is 13.4. The number of carbonyl (C=O) groups excluding carboxylic acids is 1. The van der Waals surface area contributed by atoms with E-state index in [4.69, 9.17) is 0 Å². The van der Waals surface area contributed by atoms with E-state index in [9.17, 15) is 4.79 Å². The largest absolute Gasteiger partial charge is 0.365 e. The lowest BCUT2D eigenvalue weighted by Crippen LogP contribution is -2.30. The van der Waals surface area contributed by atoms with E-state index in [2.05, 4.69) is 32.7 Å². The fourth-order valence-corrected chi connectivity index (χ4v) is 1.50. The van der Waals surface area contributed by atoms with Gasteiger partial charge in [-0.2, -0.15) is 0 Å². The van der Waals surface area contributed by atoms with Crippen molar-refractivity contribution in [1.29, 1.82) is 0 Å². The molecule has 6 nitrogen and oxygen atoms in total. The fourth-order valence-electron chi connectivity index (χ4n) is 1.50. The number of aromatic nitrogens is 2. The molecule has 0 aliphatic rings.